The molecule has 0 aliphatic rings. The second-order valence-corrected chi connectivity index (χ2v) is 3.43. The Labute approximate surface area is 112 Å². The number of benzene rings is 1. The highest BCUT2D eigenvalue weighted by molar-refractivity contribution is 5.93. The quantitative estimate of drug-likeness (QED) is 0.797. The van der Waals surface area contributed by atoms with Crippen LogP contribution in [0.4, 0.5) is 13.2 Å². The molecule has 0 atom stereocenters. The Morgan fingerprint density at radius 1 is 1.35 bits per heavy atom. The van der Waals surface area contributed by atoms with Crippen LogP contribution in [0.5, 0.6) is 11.5 Å². The second kappa shape index (κ2) is 6.14. The van der Waals surface area contributed by atoms with E-state index in [0.717, 1.165) is 12.1 Å². The number of rotatable bonds is 4. The van der Waals surface area contributed by atoms with Crippen LogP contribution in [-0.2, 0) is 4.74 Å². The predicted octanol–water partition coefficient (Wildman–Crippen LogP) is 2.64. The topological polar surface area (TPSA) is 68.5 Å². The van der Waals surface area contributed by atoms with Gasteiger partial charge >= 0.3 is 12.3 Å². The van der Waals surface area contributed by atoms with Crippen molar-refractivity contribution >= 4 is 5.97 Å². The molecule has 0 fully saturated rings. The Morgan fingerprint density at radius 2 is 2.00 bits per heavy atom. The molecule has 1 aromatic rings. The Kier molecular flexibility index (Phi) is 4.80. The SMILES string of the molecule is CCOC(=O)c1cc(OC)c(C#N)cc1OC(F)(F)F. The molecular weight excluding hydrogens is 279 g/mol. The van der Waals surface area contributed by atoms with Gasteiger partial charge in [-0.2, -0.15) is 5.26 Å². The number of nitrogens with zero attached hydrogens (tertiary/aromatic N) is 1. The summed E-state index contributed by atoms with van der Waals surface area (Å²) < 4.78 is 50.1. The lowest BCUT2D eigenvalue weighted by Crippen LogP contribution is -2.20. The maximum atomic E-state index is 12.3. The molecule has 1 rings (SSSR count). The average Bonchev–Trinajstić information content (AvgIpc) is 2.36. The molecule has 0 unspecified atom stereocenters. The van der Waals surface area contributed by atoms with Crippen molar-refractivity contribution in [2.45, 2.75) is 13.3 Å². The summed E-state index contributed by atoms with van der Waals surface area (Å²) in [5.74, 6) is -1.87. The van der Waals surface area contributed by atoms with Crippen LogP contribution < -0.4 is 9.47 Å². The minimum absolute atomic E-state index is 0.0212. The number of halogens is 3. The lowest BCUT2D eigenvalue weighted by molar-refractivity contribution is -0.274. The zero-order valence-corrected chi connectivity index (χ0v) is 10.6. The lowest BCUT2D eigenvalue weighted by Gasteiger charge is -2.14. The fraction of sp³-hybridized carbons (Fsp3) is 0.333. The van der Waals surface area contributed by atoms with Crippen LogP contribution in [-0.4, -0.2) is 26.0 Å². The highest BCUT2D eigenvalue weighted by Crippen LogP contribution is 2.32. The zero-order chi connectivity index (χ0) is 15.3. The highest BCUT2D eigenvalue weighted by Gasteiger charge is 2.34. The molecule has 20 heavy (non-hydrogen) atoms. The number of carbonyl (C=O) groups is 1. The predicted molar refractivity (Wildman–Crippen MR) is 60.3 cm³/mol. The first-order valence-corrected chi connectivity index (χ1v) is 5.37. The Bertz CT molecular complexity index is 549. The fourth-order valence-electron chi connectivity index (χ4n) is 1.39. The molecule has 0 bridgehead atoms. The molecule has 0 N–H and O–H groups in total. The number of carbonyl (C=O) groups excluding carboxylic acids is 1. The fourth-order valence-corrected chi connectivity index (χ4v) is 1.39. The number of hydrogen-bond donors (Lipinski definition) is 0. The summed E-state index contributed by atoms with van der Waals surface area (Å²) in [6.07, 6.45) is -5.00. The summed E-state index contributed by atoms with van der Waals surface area (Å²) in [7, 11) is 1.22. The van der Waals surface area contributed by atoms with Crippen LogP contribution in [0.25, 0.3) is 0 Å². The van der Waals surface area contributed by atoms with Gasteiger partial charge in [-0.1, -0.05) is 0 Å². The van der Waals surface area contributed by atoms with Crippen molar-refractivity contribution in [3.05, 3.63) is 23.3 Å². The molecule has 0 aromatic heterocycles. The molecule has 5 nitrogen and oxygen atoms in total. The highest BCUT2D eigenvalue weighted by atomic mass is 19.4. The van der Waals surface area contributed by atoms with Crippen LogP contribution in [0.3, 0.4) is 0 Å². The molecule has 0 spiro atoms. The first kappa shape index (κ1) is 15.6. The van der Waals surface area contributed by atoms with E-state index in [-0.39, 0.29) is 17.9 Å². The average molecular weight is 289 g/mol. The van der Waals surface area contributed by atoms with Crippen molar-refractivity contribution < 1.29 is 32.2 Å². The van der Waals surface area contributed by atoms with Crippen molar-refractivity contribution in [1.82, 2.24) is 0 Å². The van der Waals surface area contributed by atoms with Gasteiger partial charge in [0, 0.05) is 6.07 Å². The third-order valence-electron chi connectivity index (χ3n) is 2.14. The molecule has 0 aliphatic heterocycles. The molecule has 0 heterocycles. The minimum atomic E-state index is -5.00. The second-order valence-electron chi connectivity index (χ2n) is 3.43. The summed E-state index contributed by atoms with van der Waals surface area (Å²) in [5.41, 5.74) is -0.667. The van der Waals surface area contributed by atoms with E-state index in [1.807, 2.05) is 0 Å². The summed E-state index contributed by atoms with van der Waals surface area (Å²) in [4.78, 5) is 11.6. The van der Waals surface area contributed by atoms with Crippen molar-refractivity contribution in [1.29, 1.82) is 5.26 Å². The molecule has 0 saturated carbocycles. The van der Waals surface area contributed by atoms with Gasteiger partial charge in [0.15, 0.2) is 0 Å². The van der Waals surface area contributed by atoms with Crippen LogP contribution in [0, 0.1) is 11.3 Å². The van der Waals surface area contributed by atoms with Gasteiger partial charge in [-0.15, -0.1) is 13.2 Å². The van der Waals surface area contributed by atoms with Gasteiger partial charge in [0.05, 0.1) is 19.3 Å². The zero-order valence-electron chi connectivity index (χ0n) is 10.6. The Balaban J connectivity index is 3.37. The molecule has 0 amide bonds. The van der Waals surface area contributed by atoms with Crippen LogP contribution in [0.1, 0.15) is 22.8 Å². The summed E-state index contributed by atoms with van der Waals surface area (Å²) in [6, 6.07) is 3.39. The largest absolute Gasteiger partial charge is 0.573 e. The van der Waals surface area contributed by atoms with Crippen LogP contribution in [0.15, 0.2) is 12.1 Å². The lowest BCUT2D eigenvalue weighted by atomic mass is 10.1. The van der Waals surface area contributed by atoms with Crippen molar-refractivity contribution in [2.24, 2.45) is 0 Å². The molecule has 1 aromatic carbocycles. The summed E-state index contributed by atoms with van der Waals surface area (Å²) >= 11 is 0. The Morgan fingerprint density at radius 3 is 2.45 bits per heavy atom. The van der Waals surface area contributed by atoms with Gasteiger partial charge in [-0.25, -0.2) is 4.79 Å². The third kappa shape index (κ3) is 3.78. The number of ether oxygens (including phenoxy) is 3. The molecule has 8 heteroatoms. The van der Waals surface area contributed by atoms with Crippen molar-refractivity contribution in [3.8, 4) is 17.6 Å². The molecule has 0 saturated heterocycles. The van der Waals surface area contributed by atoms with Gasteiger partial charge in [-0.3, -0.25) is 0 Å². The van der Waals surface area contributed by atoms with Gasteiger partial charge in [-0.05, 0) is 13.0 Å². The third-order valence-corrected chi connectivity index (χ3v) is 2.14. The normalized spacial score (nSPS) is 10.6. The van der Waals surface area contributed by atoms with Crippen LogP contribution in [0.2, 0.25) is 0 Å². The molecule has 108 valence electrons. The van der Waals surface area contributed by atoms with E-state index in [9.17, 15) is 18.0 Å². The number of nitriles is 1. The standard InChI is InChI=1S/C12H10F3NO4/c1-3-19-11(17)8-5-9(18-2)7(6-16)4-10(8)20-12(13,14)15/h4-5H,3H2,1-2H3. The Hall–Kier alpha value is -2.43. The van der Waals surface area contributed by atoms with Crippen LogP contribution >= 0.6 is 0 Å². The maximum Gasteiger partial charge on any atom is 0.573 e. The summed E-state index contributed by atoms with van der Waals surface area (Å²) in [5, 5.41) is 8.82. The van der Waals surface area contributed by atoms with Crippen molar-refractivity contribution in [3.63, 3.8) is 0 Å². The van der Waals surface area contributed by atoms with Gasteiger partial charge in [0.2, 0.25) is 0 Å². The van der Waals surface area contributed by atoms with E-state index in [2.05, 4.69) is 9.47 Å². The first-order valence-electron chi connectivity index (χ1n) is 5.37. The van der Waals surface area contributed by atoms with Gasteiger partial charge in [0.1, 0.15) is 23.1 Å². The van der Waals surface area contributed by atoms with Gasteiger partial charge in [0.25, 0.3) is 0 Å². The van der Waals surface area contributed by atoms with E-state index in [1.54, 1.807) is 6.07 Å². The van der Waals surface area contributed by atoms with E-state index >= 15 is 0 Å². The van der Waals surface area contributed by atoms with E-state index in [4.69, 9.17) is 10.00 Å². The minimum Gasteiger partial charge on any atom is -0.495 e. The number of methoxy groups -OCH3 is 1. The van der Waals surface area contributed by atoms with E-state index in [1.165, 1.54) is 14.0 Å². The van der Waals surface area contributed by atoms with Crippen molar-refractivity contribution in [2.75, 3.05) is 13.7 Å². The number of hydrogen-bond acceptors (Lipinski definition) is 5. The van der Waals surface area contributed by atoms with Gasteiger partial charge < -0.3 is 14.2 Å². The first-order chi connectivity index (χ1) is 9.32. The van der Waals surface area contributed by atoms with E-state index in [0.29, 0.717) is 0 Å². The molecule has 0 aliphatic carbocycles. The smallest absolute Gasteiger partial charge is 0.495 e. The summed E-state index contributed by atoms with van der Waals surface area (Å²) in [6.45, 7) is 1.48. The number of alkyl halides is 3. The monoisotopic (exact) mass is 289 g/mol. The van der Waals surface area contributed by atoms with E-state index < -0.39 is 23.6 Å². The maximum absolute atomic E-state index is 12.3. The number of esters is 1. The molecular formula is C12H10F3NO4. The molecule has 0 radical (unpaired) electrons.